The van der Waals surface area contributed by atoms with Crippen molar-refractivity contribution in [3.05, 3.63) is 30.1 Å². The number of thiocyanates is 1. The minimum Gasteiger partial charge on any atom is -0.325 e. The van der Waals surface area contributed by atoms with Crippen molar-refractivity contribution in [2.24, 2.45) is 7.05 Å². The number of rotatable bonds is 5. The van der Waals surface area contributed by atoms with E-state index in [9.17, 15) is 4.79 Å². The highest BCUT2D eigenvalue weighted by molar-refractivity contribution is 8.03. The van der Waals surface area contributed by atoms with Crippen LogP contribution in [0.5, 0.6) is 0 Å². The molecule has 0 aliphatic heterocycles. The van der Waals surface area contributed by atoms with Gasteiger partial charge >= 0.3 is 0 Å². The highest BCUT2D eigenvalue weighted by Crippen LogP contribution is 2.23. The van der Waals surface area contributed by atoms with Gasteiger partial charge in [-0.3, -0.25) is 4.79 Å². The Balaban J connectivity index is 1.94. The quantitative estimate of drug-likeness (QED) is 0.673. The molecule has 0 radical (unpaired) electrons. The van der Waals surface area contributed by atoms with Crippen LogP contribution in [-0.2, 0) is 11.8 Å². The van der Waals surface area contributed by atoms with Crippen molar-refractivity contribution in [2.45, 2.75) is 17.0 Å². The van der Waals surface area contributed by atoms with E-state index >= 15 is 0 Å². The van der Waals surface area contributed by atoms with Crippen LogP contribution in [0.4, 0.5) is 5.69 Å². The first-order valence-electron chi connectivity index (χ1n) is 6.03. The smallest absolute Gasteiger partial charge is 0.234 e. The molecular weight excluding hydrogens is 306 g/mol. The highest BCUT2D eigenvalue weighted by Gasteiger charge is 2.09. The van der Waals surface area contributed by atoms with Crippen LogP contribution in [0.15, 0.2) is 34.6 Å². The second-order valence-corrected chi connectivity index (χ2v) is 6.03. The van der Waals surface area contributed by atoms with E-state index in [1.165, 1.54) is 11.8 Å². The summed E-state index contributed by atoms with van der Waals surface area (Å²) in [5, 5.41) is 21.9. The molecular formula is C13H13N5OS2. The Labute approximate surface area is 130 Å². The number of nitriles is 1. The molecule has 2 aromatic rings. The summed E-state index contributed by atoms with van der Waals surface area (Å²) in [5.74, 6) is 0.160. The van der Waals surface area contributed by atoms with Gasteiger partial charge in [0.25, 0.3) is 0 Å². The van der Waals surface area contributed by atoms with E-state index in [-0.39, 0.29) is 11.7 Å². The molecule has 8 heteroatoms. The van der Waals surface area contributed by atoms with Crippen LogP contribution in [0.25, 0.3) is 0 Å². The maximum absolute atomic E-state index is 11.9. The van der Waals surface area contributed by atoms with Crippen LogP contribution in [0.1, 0.15) is 5.56 Å². The van der Waals surface area contributed by atoms with Gasteiger partial charge in [0, 0.05) is 17.6 Å². The van der Waals surface area contributed by atoms with Crippen LogP contribution >= 0.6 is 23.5 Å². The molecule has 2 rings (SSSR count). The van der Waals surface area contributed by atoms with Gasteiger partial charge in [-0.25, -0.2) is 0 Å². The van der Waals surface area contributed by atoms with E-state index in [2.05, 4.69) is 15.5 Å². The monoisotopic (exact) mass is 319 g/mol. The molecule has 0 spiro atoms. The Morgan fingerprint density at radius 2 is 2.33 bits per heavy atom. The number of nitrogens with zero attached hydrogens (tertiary/aromatic N) is 4. The van der Waals surface area contributed by atoms with E-state index in [1.54, 1.807) is 17.0 Å². The van der Waals surface area contributed by atoms with Gasteiger partial charge in [0.05, 0.1) is 5.75 Å². The van der Waals surface area contributed by atoms with Crippen LogP contribution in [0.3, 0.4) is 0 Å². The molecule has 1 N–H and O–H groups in total. The summed E-state index contributed by atoms with van der Waals surface area (Å²) in [6.45, 7) is 1.90. The molecule has 6 nitrogen and oxygen atoms in total. The van der Waals surface area contributed by atoms with E-state index in [4.69, 9.17) is 5.26 Å². The molecule has 0 atom stereocenters. The third kappa shape index (κ3) is 4.24. The normalized spacial score (nSPS) is 10.1. The molecule has 0 saturated carbocycles. The number of thioether (sulfide) groups is 2. The van der Waals surface area contributed by atoms with Crippen molar-refractivity contribution in [1.29, 1.82) is 5.26 Å². The van der Waals surface area contributed by atoms with Gasteiger partial charge in [-0.05, 0) is 42.4 Å². The average Bonchev–Trinajstić information content (AvgIpc) is 2.85. The molecule has 0 fully saturated rings. The number of anilines is 1. The average molecular weight is 319 g/mol. The number of benzene rings is 1. The highest BCUT2D eigenvalue weighted by atomic mass is 32.2. The third-order valence-corrected chi connectivity index (χ3v) is 4.25. The first kappa shape index (κ1) is 15.4. The Morgan fingerprint density at radius 1 is 1.52 bits per heavy atom. The fourth-order valence-electron chi connectivity index (χ4n) is 1.61. The van der Waals surface area contributed by atoms with Crippen LogP contribution < -0.4 is 5.32 Å². The zero-order valence-electron chi connectivity index (χ0n) is 11.5. The number of carbonyl (C=O) groups excluding carboxylic acids is 1. The van der Waals surface area contributed by atoms with Gasteiger partial charge < -0.3 is 9.88 Å². The van der Waals surface area contributed by atoms with E-state index < -0.39 is 0 Å². The summed E-state index contributed by atoms with van der Waals surface area (Å²) in [6, 6.07) is 5.49. The number of carbonyl (C=O) groups is 1. The Bertz CT molecular complexity index is 692. The molecule has 1 aromatic heterocycles. The predicted octanol–water partition coefficient (Wildman–Crippen LogP) is 2.43. The summed E-state index contributed by atoms with van der Waals surface area (Å²) in [4.78, 5) is 12.8. The van der Waals surface area contributed by atoms with Crippen LogP contribution in [0.2, 0.25) is 0 Å². The molecule has 1 amide bonds. The van der Waals surface area contributed by atoms with E-state index in [0.717, 1.165) is 27.9 Å². The molecule has 0 bridgehead atoms. The van der Waals surface area contributed by atoms with Gasteiger partial charge in [-0.15, -0.1) is 10.2 Å². The Morgan fingerprint density at radius 3 is 2.95 bits per heavy atom. The second-order valence-electron chi connectivity index (χ2n) is 4.23. The van der Waals surface area contributed by atoms with Crippen molar-refractivity contribution >= 4 is 35.1 Å². The number of aromatic nitrogens is 3. The molecule has 1 heterocycles. The fraction of sp³-hybridized carbons (Fsp3) is 0.231. The minimum atomic E-state index is -0.105. The zero-order valence-corrected chi connectivity index (χ0v) is 13.2. The lowest BCUT2D eigenvalue weighted by molar-refractivity contribution is -0.113. The predicted molar refractivity (Wildman–Crippen MR) is 83.0 cm³/mol. The molecule has 108 valence electrons. The van der Waals surface area contributed by atoms with Crippen molar-refractivity contribution < 1.29 is 4.79 Å². The standard InChI is InChI=1S/C13H13N5OS2/c1-9-5-10(21-7-14)3-4-11(9)16-12(19)6-20-13-17-15-8-18(13)2/h3-5,8H,6H2,1-2H3,(H,16,19). The number of amides is 1. The van der Waals surface area contributed by atoms with Crippen molar-refractivity contribution in [3.63, 3.8) is 0 Å². The Kier molecular flexibility index (Phi) is 5.25. The molecule has 0 aliphatic carbocycles. The molecule has 0 saturated heterocycles. The second kappa shape index (κ2) is 7.15. The number of hydrogen-bond acceptors (Lipinski definition) is 6. The summed E-state index contributed by atoms with van der Waals surface area (Å²) >= 11 is 2.43. The molecule has 1 aromatic carbocycles. The van der Waals surface area contributed by atoms with E-state index in [0.29, 0.717) is 5.16 Å². The molecule has 21 heavy (non-hydrogen) atoms. The number of hydrogen-bond donors (Lipinski definition) is 1. The molecule has 0 unspecified atom stereocenters. The lowest BCUT2D eigenvalue weighted by Gasteiger charge is -2.08. The number of nitrogens with one attached hydrogen (secondary N) is 1. The zero-order chi connectivity index (χ0) is 15.2. The molecule has 0 aliphatic rings. The number of aryl methyl sites for hydroxylation is 2. The lowest BCUT2D eigenvalue weighted by atomic mass is 10.2. The lowest BCUT2D eigenvalue weighted by Crippen LogP contribution is -2.15. The van der Waals surface area contributed by atoms with Crippen LogP contribution in [-0.4, -0.2) is 26.4 Å². The maximum Gasteiger partial charge on any atom is 0.234 e. The largest absolute Gasteiger partial charge is 0.325 e. The summed E-state index contributed by atoms with van der Waals surface area (Å²) in [5.41, 5.74) is 1.67. The summed E-state index contributed by atoms with van der Waals surface area (Å²) in [7, 11) is 1.83. The first-order valence-corrected chi connectivity index (χ1v) is 7.83. The van der Waals surface area contributed by atoms with Gasteiger partial charge in [0.1, 0.15) is 11.7 Å². The van der Waals surface area contributed by atoms with Crippen molar-refractivity contribution in [2.75, 3.05) is 11.1 Å². The van der Waals surface area contributed by atoms with Crippen LogP contribution in [0, 0.1) is 17.6 Å². The third-order valence-electron chi connectivity index (χ3n) is 2.64. The van der Waals surface area contributed by atoms with Crippen molar-refractivity contribution in [3.8, 4) is 5.40 Å². The maximum atomic E-state index is 11.9. The topological polar surface area (TPSA) is 83.6 Å². The SMILES string of the molecule is Cc1cc(SC#N)ccc1NC(=O)CSc1nncn1C. The fourth-order valence-corrected chi connectivity index (χ4v) is 2.78. The van der Waals surface area contributed by atoms with E-state index in [1.807, 2.05) is 31.5 Å². The first-order chi connectivity index (χ1) is 10.1. The summed E-state index contributed by atoms with van der Waals surface area (Å²) < 4.78 is 1.76. The minimum absolute atomic E-state index is 0.105. The Hall–Kier alpha value is -1.98. The van der Waals surface area contributed by atoms with Gasteiger partial charge in [0.15, 0.2) is 5.16 Å². The van der Waals surface area contributed by atoms with Gasteiger partial charge in [-0.2, -0.15) is 5.26 Å². The summed E-state index contributed by atoms with van der Waals surface area (Å²) in [6.07, 6.45) is 1.59. The van der Waals surface area contributed by atoms with Crippen molar-refractivity contribution in [1.82, 2.24) is 14.8 Å². The van der Waals surface area contributed by atoms with Gasteiger partial charge in [-0.1, -0.05) is 11.8 Å². The van der Waals surface area contributed by atoms with Gasteiger partial charge in [0.2, 0.25) is 5.91 Å².